The lowest BCUT2D eigenvalue weighted by Gasteiger charge is -2.19. The standard InChI is InChI=1S/C19H18F2N2O4/c1-11(24)12-3-6-14(7-4-12)22-17(10-18(25)27-2)19(26)23-16-8-5-13(20)9-15(16)21/h3-9,17,22H,10H2,1-2H3,(H,23,26)/t17-/m0/s1. The lowest BCUT2D eigenvalue weighted by atomic mass is 10.1. The van der Waals surface area contributed by atoms with Crippen molar-refractivity contribution in [3.8, 4) is 0 Å². The number of ether oxygens (including phenoxy) is 1. The van der Waals surface area contributed by atoms with Crippen LogP contribution in [0.3, 0.4) is 0 Å². The SMILES string of the molecule is COC(=O)C[C@H](Nc1ccc(C(C)=O)cc1)C(=O)Nc1ccc(F)cc1F. The van der Waals surface area contributed by atoms with E-state index in [9.17, 15) is 23.2 Å². The summed E-state index contributed by atoms with van der Waals surface area (Å²) in [6.07, 6.45) is -0.320. The van der Waals surface area contributed by atoms with Gasteiger partial charge in [0.1, 0.15) is 17.7 Å². The van der Waals surface area contributed by atoms with Crippen molar-refractivity contribution in [2.24, 2.45) is 0 Å². The van der Waals surface area contributed by atoms with Gasteiger partial charge in [-0.1, -0.05) is 0 Å². The Morgan fingerprint density at radius 3 is 2.30 bits per heavy atom. The van der Waals surface area contributed by atoms with Gasteiger partial charge in [0.2, 0.25) is 5.91 Å². The first kappa shape index (κ1) is 20.0. The quantitative estimate of drug-likeness (QED) is 0.573. The summed E-state index contributed by atoms with van der Waals surface area (Å²) in [5.74, 6) is -3.19. The van der Waals surface area contributed by atoms with Crippen LogP contribution < -0.4 is 10.6 Å². The summed E-state index contributed by atoms with van der Waals surface area (Å²) in [4.78, 5) is 35.4. The van der Waals surface area contributed by atoms with Crippen molar-refractivity contribution >= 4 is 29.0 Å². The van der Waals surface area contributed by atoms with Crippen molar-refractivity contribution < 1.29 is 27.9 Å². The topological polar surface area (TPSA) is 84.5 Å². The minimum atomic E-state index is -1.08. The monoisotopic (exact) mass is 376 g/mol. The van der Waals surface area contributed by atoms with Crippen molar-refractivity contribution in [1.29, 1.82) is 0 Å². The fraction of sp³-hybridized carbons (Fsp3) is 0.211. The van der Waals surface area contributed by atoms with E-state index in [-0.39, 0.29) is 17.9 Å². The Balaban J connectivity index is 2.18. The number of carbonyl (C=O) groups is 3. The smallest absolute Gasteiger partial charge is 0.308 e. The van der Waals surface area contributed by atoms with E-state index in [0.717, 1.165) is 12.1 Å². The molecule has 0 unspecified atom stereocenters. The zero-order valence-corrected chi connectivity index (χ0v) is 14.7. The van der Waals surface area contributed by atoms with Gasteiger partial charge in [0.15, 0.2) is 5.78 Å². The van der Waals surface area contributed by atoms with Gasteiger partial charge in [0, 0.05) is 17.3 Å². The summed E-state index contributed by atoms with van der Waals surface area (Å²) in [7, 11) is 1.18. The van der Waals surface area contributed by atoms with Gasteiger partial charge in [-0.25, -0.2) is 8.78 Å². The van der Waals surface area contributed by atoms with Crippen LogP contribution in [0, 0.1) is 11.6 Å². The zero-order chi connectivity index (χ0) is 20.0. The highest BCUT2D eigenvalue weighted by atomic mass is 19.1. The average Bonchev–Trinajstić information content (AvgIpc) is 2.63. The molecule has 142 valence electrons. The summed E-state index contributed by atoms with van der Waals surface area (Å²) < 4.78 is 31.3. The number of benzene rings is 2. The number of amides is 1. The van der Waals surface area contributed by atoms with E-state index in [4.69, 9.17) is 0 Å². The molecule has 0 radical (unpaired) electrons. The molecule has 0 heterocycles. The highest BCUT2D eigenvalue weighted by molar-refractivity contribution is 5.99. The van der Waals surface area contributed by atoms with Gasteiger partial charge in [-0.3, -0.25) is 14.4 Å². The Kier molecular flexibility index (Phi) is 6.59. The van der Waals surface area contributed by atoms with E-state index < -0.39 is 29.6 Å². The zero-order valence-electron chi connectivity index (χ0n) is 14.7. The molecule has 0 saturated carbocycles. The Morgan fingerprint density at radius 1 is 1.07 bits per heavy atom. The van der Waals surface area contributed by atoms with E-state index in [0.29, 0.717) is 17.3 Å². The van der Waals surface area contributed by atoms with Crippen LogP contribution in [0.4, 0.5) is 20.2 Å². The third kappa shape index (κ3) is 5.60. The summed E-state index contributed by atoms with van der Waals surface area (Å²) in [6.45, 7) is 1.42. The molecule has 2 aromatic carbocycles. The highest BCUT2D eigenvalue weighted by Gasteiger charge is 2.23. The van der Waals surface area contributed by atoms with Gasteiger partial charge in [-0.15, -0.1) is 0 Å². The maximum atomic E-state index is 13.8. The molecule has 0 aliphatic carbocycles. The molecular formula is C19H18F2N2O4. The lowest BCUT2D eigenvalue weighted by molar-refractivity contribution is -0.142. The summed E-state index contributed by atoms with van der Waals surface area (Å²) in [5, 5.41) is 5.15. The molecule has 6 nitrogen and oxygen atoms in total. The molecule has 2 rings (SSSR count). The van der Waals surface area contributed by atoms with Gasteiger partial charge in [-0.05, 0) is 43.3 Å². The maximum Gasteiger partial charge on any atom is 0.308 e. The number of methoxy groups -OCH3 is 1. The van der Waals surface area contributed by atoms with Crippen LogP contribution in [0.15, 0.2) is 42.5 Å². The molecule has 0 saturated heterocycles. The number of ketones is 1. The van der Waals surface area contributed by atoms with E-state index in [1.165, 1.54) is 14.0 Å². The predicted octanol–water partition coefficient (Wildman–Crippen LogP) is 3.15. The molecule has 2 aromatic rings. The fourth-order valence-electron chi connectivity index (χ4n) is 2.27. The van der Waals surface area contributed by atoms with Gasteiger partial charge >= 0.3 is 5.97 Å². The van der Waals surface area contributed by atoms with Crippen molar-refractivity contribution in [3.05, 3.63) is 59.7 Å². The molecule has 1 atom stereocenters. The number of anilines is 2. The van der Waals surface area contributed by atoms with Crippen molar-refractivity contribution in [3.63, 3.8) is 0 Å². The number of esters is 1. The third-order valence-corrected chi connectivity index (χ3v) is 3.74. The number of hydrogen-bond acceptors (Lipinski definition) is 5. The predicted molar refractivity (Wildman–Crippen MR) is 95.5 cm³/mol. The van der Waals surface area contributed by atoms with E-state index >= 15 is 0 Å². The van der Waals surface area contributed by atoms with Crippen LogP contribution >= 0.6 is 0 Å². The molecule has 27 heavy (non-hydrogen) atoms. The number of halogens is 2. The van der Waals surface area contributed by atoms with Crippen molar-refractivity contribution in [1.82, 2.24) is 0 Å². The van der Waals surface area contributed by atoms with Gasteiger partial charge < -0.3 is 15.4 Å². The summed E-state index contributed by atoms with van der Waals surface area (Å²) in [5.41, 5.74) is 0.747. The first-order valence-electron chi connectivity index (χ1n) is 8.00. The van der Waals surface area contributed by atoms with Crippen LogP contribution in [0.2, 0.25) is 0 Å². The fourth-order valence-corrected chi connectivity index (χ4v) is 2.27. The Morgan fingerprint density at radius 2 is 1.74 bits per heavy atom. The van der Waals surface area contributed by atoms with Crippen molar-refractivity contribution in [2.45, 2.75) is 19.4 Å². The van der Waals surface area contributed by atoms with Crippen molar-refractivity contribution in [2.75, 3.05) is 17.7 Å². The second kappa shape index (κ2) is 8.88. The Hall–Kier alpha value is -3.29. The van der Waals surface area contributed by atoms with Crippen LogP contribution in [0.1, 0.15) is 23.7 Å². The molecule has 1 amide bonds. The van der Waals surface area contributed by atoms with Crippen LogP contribution in [-0.2, 0) is 14.3 Å². The normalized spacial score (nSPS) is 11.4. The van der Waals surface area contributed by atoms with Gasteiger partial charge in [0.25, 0.3) is 0 Å². The molecule has 0 fully saturated rings. The van der Waals surface area contributed by atoms with Gasteiger partial charge in [0.05, 0.1) is 19.2 Å². The molecule has 0 spiro atoms. The summed E-state index contributed by atoms with van der Waals surface area (Å²) >= 11 is 0. The van der Waals surface area contributed by atoms with Gasteiger partial charge in [-0.2, -0.15) is 0 Å². The molecule has 0 aliphatic heterocycles. The first-order chi connectivity index (χ1) is 12.8. The molecule has 0 aliphatic rings. The number of carbonyl (C=O) groups excluding carboxylic acids is 3. The molecule has 0 bridgehead atoms. The van der Waals surface area contributed by atoms with E-state index in [1.807, 2.05) is 0 Å². The number of Topliss-reactive ketones (excluding diaryl/α,β-unsaturated/α-hetero) is 1. The third-order valence-electron chi connectivity index (χ3n) is 3.74. The molecule has 0 aromatic heterocycles. The Labute approximate surface area is 154 Å². The number of nitrogens with one attached hydrogen (secondary N) is 2. The maximum absolute atomic E-state index is 13.8. The highest BCUT2D eigenvalue weighted by Crippen LogP contribution is 2.17. The second-order valence-corrected chi connectivity index (χ2v) is 5.72. The number of rotatable bonds is 7. The number of hydrogen-bond donors (Lipinski definition) is 2. The second-order valence-electron chi connectivity index (χ2n) is 5.72. The molecule has 2 N–H and O–H groups in total. The van der Waals surface area contributed by atoms with Crippen LogP contribution in [0.25, 0.3) is 0 Å². The minimum absolute atomic E-state index is 0.114. The Bertz CT molecular complexity index is 853. The van der Waals surface area contributed by atoms with Crippen LogP contribution in [0.5, 0.6) is 0 Å². The first-order valence-corrected chi connectivity index (χ1v) is 8.00. The largest absolute Gasteiger partial charge is 0.469 e. The molecular weight excluding hydrogens is 358 g/mol. The average molecular weight is 376 g/mol. The van der Waals surface area contributed by atoms with E-state index in [1.54, 1.807) is 24.3 Å². The lowest BCUT2D eigenvalue weighted by Crippen LogP contribution is -2.37. The van der Waals surface area contributed by atoms with E-state index in [2.05, 4.69) is 15.4 Å². The van der Waals surface area contributed by atoms with Crippen LogP contribution in [-0.4, -0.2) is 30.8 Å². The summed E-state index contributed by atoms with van der Waals surface area (Å²) in [6, 6.07) is 7.93. The minimum Gasteiger partial charge on any atom is -0.469 e. The molecule has 8 heteroatoms.